The molecule has 0 saturated carbocycles. The second-order valence-corrected chi connectivity index (χ2v) is 4.90. The highest BCUT2D eigenvalue weighted by Crippen LogP contribution is 2.19. The van der Waals surface area contributed by atoms with Gasteiger partial charge >= 0.3 is 0 Å². The Kier molecular flexibility index (Phi) is 4.35. The molecule has 1 N–H and O–H groups in total. The number of hydrogen-bond donors (Lipinski definition) is 1. The van der Waals surface area contributed by atoms with Crippen LogP contribution in [0.15, 0.2) is 36.5 Å². The van der Waals surface area contributed by atoms with Gasteiger partial charge in [0, 0.05) is 0 Å². The van der Waals surface area contributed by atoms with Crippen molar-refractivity contribution >= 4 is 17.5 Å². The molecular weight excluding hydrogens is 279 g/mol. The van der Waals surface area contributed by atoms with Gasteiger partial charge in [0.2, 0.25) is 0 Å². The Hall–Kier alpha value is -1.94. The number of hydrogen-bond acceptors (Lipinski definition) is 2. The zero-order valence-electron chi connectivity index (χ0n) is 11.2. The molecule has 20 heavy (non-hydrogen) atoms. The van der Waals surface area contributed by atoms with Crippen molar-refractivity contribution in [3.05, 3.63) is 64.2 Å². The number of aryl methyl sites for hydroxylation is 1. The lowest BCUT2D eigenvalue weighted by Gasteiger charge is -2.16. The standard InChI is InChI=1S/C15H14ClFN2O/c1-9-5-3-4-6-12(9)10(2)19-15(20)13-7-11(17)8-18-14(13)16/h3-8,10H,1-2H3,(H,19,20). The lowest BCUT2D eigenvalue weighted by Crippen LogP contribution is -2.27. The van der Waals surface area contributed by atoms with Crippen molar-refractivity contribution in [3.63, 3.8) is 0 Å². The molecule has 1 atom stereocenters. The molecule has 0 spiro atoms. The minimum Gasteiger partial charge on any atom is -0.345 e. The topological polar surface area (TPSA) is 42.0 Å². The van der Waals surface area contributed by atoms with Crippen LogP contribution in [0.25, 0.3) is 0 Å². The molecule has 0 aliphatic heterocycles. The summed E-state index contributed by atoms with van der Waals surface area (Å²) < 4.78 is 13.1. The molecule has 1 heterocycles. The maximum absolute atomic E-state index is 13.1. The number of pyridine rings is 1. The molecule has 1 aromatic heterocycles. The molecule has 2 aromatic rings. The van der Waals surface area contributed by atoms with Crippen LogP contribution in [0.4, 0.5) is 4.39 Å². The molecule has 0 aliphatic carbocycles. The number of rotatable bonds is 3. The van der Waals surface area contributed by atoms with E-state index >= 15 is 0 Å². The van der Waals surface area contributed by atoms with Gasteiger partial charge in [-0.05, 0) is 31.0 Å². The Bertz CT molecular complexity index is 646. The van der Waals surface area contributed by atoms with Crippen molar-refractivity contribution in [2.45, 2.75) is 19.9 Å². The molecular formula is C15H14ClFN2O. The minimum absolute atomic E-state index is 0.0131. The molecule has 1 unspecified atom stereocenters. The first-order chi connectivity index (χ1) is 9.49. The van der Waals surface area contributed by atoms with E-state index in [9.17, 15) is 9.18 Å². The average Bonchev–Trinajstić information content (AvgIpc) is 2.41. The number of nitrogens with zero attached hydrogens (tertiary/aromatic N) is 1. The summed E-state index contributed by atoms with van der Waals surface area (Å²) in [6.45, 7) is 3.83. The van der Waals surface area contributed by atoms with E-state index in [2.05, 4.69) is 10.3 Å². The fourth-order valence-corrected chi connectivity index (χ4v) is 2.20. The lowest BCUT2D eigenvalue weighted by atomic mass is 10.0. The first kappa shape index (κ1) is 14.5. The van der Waals surface area contributed by atoms with Gasteiger partial charge in [-0.15, -0.1) is 0 Å². The summed E-state index contributed by atoms with van der Waals surface area (Å²) in [4.78, 5) is 15.7. The molecule has 5 heteroatoms. The highest BCUT2D eigenvalue weighted by Gasteiger charge is 2.16. The smallest absolute Gasteiger partial charge is 0.254 e. The Balaban J connectivity index is 2.20. The SMILES string of the molecule is Cc1ccccc1C(C)NC(=O)c1cc(F)cnc1Cl. The molecule has 1 aromatic carbocycles. The van der Waals surface area contributed by atoms with Crippen molar-refractivity contribution in [1.82, 2.24) is 10.3 Å². The summed E-state index contributed by atoms with van der Waals surface area (Å²) in [5, 5.41) is 2.78. The molecule has 2 rings (SSSR count). The van der Waals surface area contributed by atoms with E-state index < -0.39 is 11.7 Å². The fraction of sp³-hybridized carbons (Fsp3) is 0.200. The quantitative estimate of drug-likeness (QED) is 0.877. The third-order valence-corrected chi connectivity index (χ3v) is 3.35. The molecule has 3 nitrogen and oxygen atoms in total. The van der Waals surface area contributed by atoms with Crippen LogP contribution in [0.1, 0.15) is 34.5 Å². The van der Waals surface area contributed by atoms with Gasteiger partial charge in [0.25, 0.3) is 5.91 Å². The van der Waals surface area contributed by atoms with E-state index in [0.717, 1.165) is 23.4 Å². The van der Waals surface area contributed by atoms with Gasteiger partial charge in [-0.2, -0.15) is 0 Å². The third-order valence-electron chi connectivity index (χ3n) is 3.05. The maximum Gasteiger partial charge on any atom is 0.254 e. The molecule has 0 aliphatic rings. The maximum atomic E-state index is 13.1. The first-order valence-corrected chi connectivity index (χ1v) is 6.54. The predicted molar refractivity (Wildman–Crippen MR) is 76.3 cm³/mol. The monoisotopic (exact) mass is 292 g/mol. The van der Waals surface area contributed by atoms with Crippen LogP contribution in [-0.4, -0.2) is 10.9 Å². The predicted octanol–water partition coefficient (Wildman–Crippen LogP) is 3.67. The highest BCUT2D eigenvalue weighted by molar-refractivity contribution is 6.32. The van der Waals surface area contributed by atoms with Crippen LogP contribution in [0.2, 0.25) is 5.15 Å². The number of amides is 1. The summed E-state index contributed by atoms with van der Waals surface area (Å²) in [6, 6.07) is 8.61. The van der Waals surface area contributed by atoms with Crippen molar-refractivity contribution < 1.29 is 9.18 Å². The van der Waals surface area contributed by atoms with Crippen LogP contribution in [0.5, 0.6) is 0 Å². The fourth-order valence-electron chi connectivity index (χ4n) is 2.01. The summed E-state index contributed by atoms with van der Waals surface area (Å²) in [6.07, 6.45) is 0.976. The number of carbonyl (C=O) groups excluding carboxylic acids is 1. The van der Waals surface area contributed by atoms with E-state index in [1.54, 1.807) is 0 Å². The van der Waals surface area contributed by atoms with Crippen LogP contribution in [0, 0.1) is 12.7 Å². The second-order valence-electron chi connectivity index (χ2n) is 4.54. The van der Waals surface area contributed by atoms with Gasteiger partial charge in [0.05, 0.1) is 17.8 Å². The van der Waals surface area contributed by atoms with Crippen molar-refractivity contribution in [1.29, 1.82) is 0 Å². The van der Waals surface area contributed by atoms with Gasteiger partial charge in [0.15, 0.2) is 0 Å². The van der Waals surface area contributed by atoms with Crippen LogP contribution < -0.4 is 5.32 Å². The summed E-state index contributed by atoms with van der Waals surface area (Å²) in [5.41, 5.74) is 2.11. The molecule has 104 valence electrons. The summed E-state index contributed by atoms with van der Waals surface area (Å²) in [7, 11) is 0. The second kappa shape index (κ2) is 6.01. The summed E-state index contributed by atoms with van der Waals surface area (Å²) in [5.74, 6) is -1.04. The van der Waals surface area contributed by atoms with Crippen LogP contribution >= 0.6 is 11.6 Å². The number of aromatic nitrogens is 1. The molecule has 1 amide bonds. The number of benzene rings is 1. The Morgan fingerprint density at radius 1 is 1.40 bits per heavy atom. The van der Waals surface area contributed by atoms with E-state index in [0.29, 0.717) is 0 Å². The first-order valence-electron chi connectivity index (χ1n) is 6.16. The lowest BCUT2D eigenvalue weighted by molar-refractivity contribution is 0.0939. The molecule has 0 fully saturated rings. The van der Waals surface area contributed by atoms with Gasteiger partial charge in [-0.1, -0.05) is 35.9 Å². The average molecular weight is 293 g/mol. The van der Waals surface area contributed by atoms with E-state index in [-0.39, 0.29) is 16.8 Å². The Morgan fingerprint density at radius 3 is 2.80 bits per heavy atom. The third kappa shape index (κ3) is 3.14. The van der Waals surface area contributed by atoms with Gasteiger partial charge in [0.1, 0.15) is 11.0 Å². The normalized spacial score (nSPS) is 12.0. The van der Waals surface area contributed by atoms with Crippen LogP contribution in [0.3, 0.4) is 0 Å². The number of carbonyl (C=O) groups is 1. The largest absolute Gasteiger partial charge is 0.345 e. The van der Waals surface area contributed by atoms with E-state index in [4.69, 9.17) is 11.6 Å². The Labute approximate surface area is 121 Å². The van der Waals surface area contributed by atoms with Crippen molar-refractivity contribution in [3.8, 4) is 0 Å². The van der Waals surface area contributed by atoms with Gasteiger partial charge < -0.3 is 5.32 Å². The van der Waals surface area contributed by atoms with Crippen molar-refractivity contribution in [2.24, 2.45) is 0 Å². The van der Waals surface area contributed by atoms with Crippen LogP contribution in [-0.2, 0) is 0 Å². The number of nitrogens with one attached hydrogen (secondary N) is 1. The zero-order valence-corrected chi connectivity index (χ0v) is 11.9. The zero-order chi connectivity index (χ0) is 14.7. The minimum atomic E-state index is -0.594. The van der Waals surface area contributed by atoms with Gasteiger partial charge in [-0.3, -0.25) is 4.79 Å². The van der Waals surface area contributed by atoms with E-state index in [1.165, 1.54) is 0 Å². The highest BCUT2D eigenvalue weighted by atomic mass is 35.5. The molecule has 0 saturated heterocycles. The number of halogens is 2. The van der Waals surface area contributed by atoms with Gasteiger partial charge in [-0.25, -0.2) is 9.37 Å². The Morgan fingerprint density at radius 2 is 2.10 bits per heavy atom. The van der Waals surface area contributed by atoms with E-state index in [1.807, 2.05) is 38.1 Å². The van der Waals surface area contributed by atoms with Crippen molar-refractivity contribution in [2.75, 3.05) is 0 Å². The molecule has 0 radical (unpaired) electrons. The molecule has 0 bridgehead atoms. The summed E-state index contributed by atoms with van der Waals surface area (Å²) >= 11 is 5.81.